The molecule has 0 aliphatic heterocycles. The second kappa shape index (κ2) is 9.35. The zero-order chi connectivity index (χ0) is 28.4. The number of carboxylic acid groups (broad SMARTS) is 1. The summed E-state index contributed by atoms with van der Waals surface area (Å²) < 4.78 is 25.7. The number of benzene rings is 1. The van der Waals surface area contributed by atoms with Crippen LogP contribution in [0.25, 0.3) is 0 Å². The first-order valence-corrected chi connectivity index (χ1v) is 14.3. The minimum atomic E-state index is -1.10. The summed E-state index contributed by atoms with van der Waals surface area (Å²) in [5.74, 6) is -0.827. The Morgan fingerprint density at radius 3 is 2.35 bits per heavy atom. The molecule has 214 valence electrons. The van der Waals surface area contributed by atoms with Crippen molar-refractivity contribution in [2.75, 3.05) is 7.11 Å². The van der Waals surface area contributed by atoms with Gasteiger partial charge in [-0.1, -0.05) is 0 Å². The predicted octanol–water partition coefficient (Wildman–Crippen LogP) is 3.88. The van der Waals surface area contributed by atoms with Crippen molar-refractivity contribution in [3.63, 3.8) is 0 Å². The fraction of sp³-hybridized carbons (Fsp3) is 0.667. The van der Waals surface area contributed by atoms with Crippen LogP contribution in [0.3, 0.4) is 0 Å². The van der Waals surface area contributed by atoms with Crippen LogP contribution in [0.5, 0.6) is 11.5 Å². The quantitative estimate of drug-likeness (QED) is 0.444. The molecule has 0 radical (unpaired) electrons. The lowest BCUT2D eigenvalue weighted by molar-refractivity contribution is -0.177. The Morgan fingerprint density at radius 1 is 1.07 bits per heavy atom. The van der Waals surface area contributed by atoms with Gasteiger partial charge < -0.3 is 25.2 Å². The Hall–Kier alpha value is -3.35. The molecule has 6 fully saturated rings. The molecule has 0 heterocycles. The van der Waals surface area contributed by atoms with E-state index in [-0.39, 0.29) is 58.4 Å². The van der Waals surface area contributed by atoms with Crippen molar-refractivity contribution in [2.45, 2.75) is 94.5 Å². The molecule has 0 spiro atoms. The molecule has 0 saturated heterocycles. The summed E-state index contributed by atoms with van der Waals surface area (Å²) in [6, 6.07) is 4.77. The molecule has 4 atom stereocenters. The van der Waals surface area contributed by atoms with Gasteiger partial charge >= 0.3 is 5.97 Å². The van der Waals surface area contributed by atoms with E-state index in [4.69, 9.17) is 9.47 Å². The Labute approximate surface area is 232 Å². The second-order valence-corrected chi connectivity index (χ2v) is 13.2. The van der Waals surface area contributed by atoms with Gasteiger partial charge in [0.25, 0.3) is 5.91 Å². The maximum Gasteiger partial charge on any atom is 0.309 e. The fourth-order valence-corrected chi connectivity index (χ4v) is 8.08. The average Bonchev–Trinajstić information content (AvgIpc) is 3.50. The number of methoxy groups -OCH3 is 1. The van der Waals surface area contributed by atoms with Crippen LogP contribution < -0.4 is 20.1 Å². The normalized spacial score (nSPS) is 38.8. The lowest BCUT2D eigenvalue weighted by atomic mass is 9.47. The van der Waals surface area contributed by atoms with Crippen molar-refractivity contribution < 1.29 is 33.4 Å². The molecule has 10 heteroatoms. The number of nitrogens with zero attached hydrogens (tertiary/aromatic N) is 1. The molecule has 4 bridgehead atoms. The second-order valence-electron chi connectivity index (χ2n) is 13.2. The molecule has 9 nitrogen and oxygen atoms in total. The van der Waals surface area contributed by atoms with Crippen LogP contribution >= 0.6 is 0 Å². The molecule has 7 rings (SSSR count). The SMILES string of the molecule is COc1cc(C#N)c(O[C@H]2CC[C@@](C)(C(=O)O)CC2)cc1C(=O)N[C@@H]1[C@H]2CC[C@H](C2)[C@@H]1C(=O)NC12CC(F)(C1)C2. The summed E-state index contributed by atoms with van der Waals surface area (Å²) in [4.78, 5) is 38.6. The Kier molecular flexibility index (Phi) is 6.28. The number of alkyl halides is 1. The summed E-state index contributed by atoms with van der Waals surface area (Å²) in [7, 11) is 1.43. The maximum absolute atomic E-state index is 14.0. The largest absolute Gasteiger partial charge is 0.496 e. The number of nitriles is 1. The molecule has 0 unspecified atom stereocenters. The number of halogens is 1. The lowest BCUT2D eigenvalue weighted by Gasteiger charge is -2.66. The standard InChI is InChI=1S/C30H36FN3O6/c1-28(27(37)38)7-5-19(6-8-28)40-21-11-20(22(39-2)10-18(21)12-32)25(35)33-24-17-4-3-16(9-17)23(24)26(36)34-30-13-29(31,14-30)15-30/h10-11,16-17,19,23-24H,3-9,13-15H2,1-2H3,(H,33,35)(H,34,36)(H,37,38)/t16-,17+,19-,23+,24-,28+,29?,30?/m1/s1. The van der Waals surface area contributed by atoms with Crippen LogP contribution in [0.15, 0.2) is 12.1 Å². The molecule has 1 aromatic rings. The summed E-state index contributed by atoms with van der Waals surface area (Å²) in [5, 5.41) is 25.5. The zero-order valence-electron chi connectivity index (χ0n) is 22.9. The first-order chi connectivity index (χ1) is 19.0. The van der Waals surface area contributed by atoms with Gasteiger partial charge in [-0.05, 0) is 69.8 Å². The Balaban J connectivity index is 1.18. The zero-order valence-corrected chi connectivity index (χ0v) is 22.9. The number of fused-ring (bicyclic) bond motifs is 2. The number of nitrogens with one attached hydrogen (secondary N) is 2. The van der Waals surface area contributed by atoms with Crippen molar-refractivity contribution in [3.05, 3.63) is 23.3 Å². The van der Waals surface area contributed by atoms with E-state index >= 15 is 0 Å². The van der Waals surface area contributed by atoms with Gasteiger partial charge in [0.15, 0.2) is 0 Å². The first-order valence-electron chi connectivity index (χ1n) is 14.3. The fourth-order valence-electron chi connectivity index (χ4n) is 8.08. The van der Waals surface area contributed by atoms with Crippen molar-refractivity contribution >= 4 is 17.8 Å². The molecule has 6 aliphatic rings. The number of aliphatic carboxylic acids is 1. The molecular formula is C30H36FN3O6. The van der Waals surface area contributed by atoms with E-state index in [2.05, 4.69) is 16.7 Å². The van der Waals surface area contributed by atoms with Gasteiger partial charge in [-0.3, -0.25) is 14.4 Å². The third kappa shape index (κ3) is 4.38. The number of hydrogen-bond donors (Lipinski definition) is 3. The topological polar surface area (TPSA) is 138 Å². The Bertz CT molecular complexity index is 1280. The van der Waals surface area contributed by atoms with Crippen molar-refractivity contribution in [1.29, 1.82) is 5.26 Å². The van der Waals surface area contributed by atoms with Crippen LogP contribution in [-0.2, 0) is 9.59 Å². The van der Waals surface area contributed by atoms with Crippen LogP contribution in [-0.4, -0.2) is 53.4 Å². The third-order valence-electron chi connectivity index (χ3n) is 10.4. The van der Waals surface area contributed by atoms with E-state index in [9.17, 15) is 29.1 Å². The number of carboxylic acids is 1. The summed E-state index contributed by atoms with van der Waals surface area (Å²) >= 11 is 0. The van der Waals surface area contributed by atoms with E-state index in [1.54, 1.807) is 6.92 Å². The minimum Gasteiger partial charge on any atom is -0.496 e. The van der Waals surface area contributed by atoms with Gasteiger partial charge in [-0.15, -0.1) is 0 Å². The molecule has 3 N–H and O–H groups in total. The van der Waals surface area contributed by atoms with E-state index in [0.29, 0.717) is 44.9 Å². The highest BCUT2D eigenvalue weighted by atomic mass is 19.1. The number of rotatable bonds is 8. The average molecular weight is 554 g/mol. The van der Waals surface area contributed by atoms with Crippen LogP contribution in [0, 0.1) is 34.5 Å². The van der Waals surface area contributed by atoms with Crippen molar-refractivity contribution in [1.82, 2.24) is 10.6 Å². The minimum absolute atomic E-state index is 0.0966. The number of amides is 2. The van der Waals surface area contributed by atoms with E-state index in [1.807, 2.05) is 0 Å². The summed E-state index contributed by atoms with van der Waals surface area (Å²) in [5.41, 5.74) is -1.87. The van der Waals surface area contributed by atoms with Crippen LogP contribution in [0.2, 0.25) is 0 Å². The number of hydrogen-bond acceptors (Lipinski definition) is 6. The number of ether oxygens (including phenoxy) is 2. The molecule has 6 saturated carbocycles. The van der Waals surface area contributed by atoms with Gasteiger partial charge in [-0.25, -0.2) is 4.39 Å². The van der Waals surface area contributed by atoms with Crippen molar-refractivity contribution in [3.8, 4) is 17.6 Å². The van der Waals surface area contributed by atoms with Gasteiger partial charge in [0, 0.05) is 36.9 Å². The molecular weight excluding hydrogens is 517 g/mol. The monoisotopic (exact) mass is 553 g/mol. The highest BCUT2D eigenvalue weighted by Crippen LogP contribution is 2.63. The lowest BCUT2D eigenvalue weighted by Crippen LogP contribution is -2.77. The van der Waals surface area contributed by atoms with E-state index in [0.717, 1.165) is 19.3 Å². The van der Waals surface area contributed by atoms with Gasteiger partial charge in [0.05, 0.1) is 35.7 Å². The molecule has 2 amide bonds. The summed E-state index contributed by atoms with van der Waals surface area (Å²) in [6.45, 7) is 1.73. The third-order valence-corrected chi connectivity index (χ3v) is 10.4. The van der Waals surface area contributed by atoms with Crippen LogP contribution in [0.4, 0.5) is 4.39 Å². The van der Waals surface area contributed by atoms with E-state index in [1.165, 1.54) is 19.2 Å². The molecule has 6 aliphatic carbocycles. The van der Waals surface area contributed by atoms with E-state index < -0.39 is 28.5 Å². The van der Waals surface area contributed by atoms with Gasteiger partial charge in [-0.2, -0.15) is 5.26 Å². The maximum atomic E-state index is 14.0. The van der Waals surface area contributed by atoms with Crippen LogP contribution in [0.1, 0.15) is 87.1 Å². The van der Waals surface area contributed by atoms with Gasteiger partial charge in [0.1, 0.15) is 23.2 Å². The Morgan fingerprint density at radius 2 is 1.75 bits per heavy atom. The highest BCUT2D eigenvalue weighted by molar-refractivity contribution is 5.98. The van der Waals surface area contributed by atoms with Gasteiger partial charge in [0.2, 0.25) is 5.91 Å². The first kappa shape index (κ1) is 26.9. The summed E-state index contributed by atoms with van der Waals surface area (Å²) in [6.07, 6.45) is 5.58. The van der Waals surface area contributed by atoms with Crippen molar-refractivity contribution in [2.24, 2.45) is 23.2 Å². The highest BCUT2D eigenvalue weighted by Gasteiger charge is 2.70. The molecule has 40 heavy (non-hydrogen) atoms. The number of carbonyl (C=O) groups is 3. The smallest absolute Gasteiger partial charge is 0.309 e. The molecule has 1 aromatic carbocycles. The number of carbonyl (C=O) groups excluding carboxylic acids is 2. The molecule has 0 aromatic heterocycles. The predicted molar refractivity (Wildman–Crippen MR) is 140 cm³/mol.